The Balaban J connectivity index is 1.50. The summed E-state index contributed by atoms with van der Waals surface area (Å²) in [6.45, 7) is 1.67. The van der Waals surface area contributed by atoms with Gasteiger partial charge in [-0.25, -0.2) is 9.78 Å². The highest BCUT2D eigenvalue weighted by molar-refractivity contribution is 7.18. The molecule has 1 aromatic heterocycles. The predicted molar refractivity (Wildman–Crippen MR) is 104 cm³/mol. The first-order chi connectivity index (χ1) is 13.0. The van der Waals surface area contributed by atoms with Crippen LogP contribution in [0.15, 0.2) is 54.6 Å². The lowest BCUT2D eigenvalue weighted by Crippen LogP contribution is -2.37. The second kappa shape index (κ2) is 8.64. The quantitative estimate of drug-likeness (QED) is 0.585. The molecule has 3 rings (SSSR count). The summed E-state index contributed by atoms with van der Waals surface area (Å²) in [5.41, 5.74) is 0.913. The van der Waals surface area contributed by atoms with Gasteiger partial charge in [0, 0.05) is 7.05 Å². The predicted octanol–water partition coefficient (Wildman–Crippen LogP) is 3.27. The summed E-state index contributed by atoms with van der Waals surface area (Å²) in [5, 5.41) is 0.831. The zero-order valence-corrected chi connectivity index (χ0v) is 15.9. The van der Waals surface area contributed by atoms with Gasteiger partial charge < -0.3 is 14.4 Å². The third-order valence-corrected chi connectivity index (χ3v) is 4.86. The van der Waals surface area contributed by atoms with E-state index in [0.717, 1.165) is 15.2 Å². The van der Waals surface area contributed by atoms with Gasteiger partial charge in [0.25, 0.3) is 5.91 Å². The molecule has 2 aromatic carbocycles. The van der Waals surface area contributed by atoms with E-state index in [9.17, 15) is 9.59 Å². The standard InChI is InChI=1S/C20H20N2O4S/c1-14(26-19(23)13-25-15-8-4-3-5-9-15)20(24)22(2)12-18-21-16-10-6-7-11-17(16)27-18/h3-11,14H,12-13H2,1-2H3. The van der Waals surface area contributed by atoms with Crippen LogP contribution in [0.5, 0.6) is 5.75 Å². The molecule has 0 bridgehead atoms. The second-order valence-corrected chi connectivity index (χ2v) is 7.12. The number of hydrogen-bond donors (Lipinski definition) is 0. The Kier molecular flexibility index (Phi) is 6.03. The maximum absolute atomic E-state index is 12.5. The Morgan fingerprint density at radius 3 is 2.56 bits per heavy atom. The van der Waals surface area contributed by atoms with Crippen LogP contribution in [0, 0.1) is 0 Å². The lowest BCUT2D eigenvalue weighted by atomic mass is 10.3. The van der Waals surface area contributed by atoms with Crippen LogP contribution in [-0.2, 0) is 20.9 Å². The number of hydrogen-bond acceptors (Lipinski definition) is 6. The van der Waals surface area contributed by atoms with Crippen LogP contribution in [0.25, 0.3) is 10.2 Å². The van der Waals surface area contributed by atoms with Gasteiger partial charge >= 0.3 is 5.97 Å². The van der Waals surface area contributed by atoms with E-state index in [2.05, 4.69) is 4.98 Å². The number of nitrogens with zero attached hydrogens (tertiary/aromatic N) is 2. The molecule has 0 fully saturated rings. The Labute approximate surface area is 161 Å². The fourth-order valence-electron chi connectivity index (χ4n) is 2.52. The van der Waals surface area contributed by atoms with Gasteiger partial charge in [0.15, 0.2) is 12.7 Å². The molecule has 0 saturated carbocycles. The zero-order chi connectivity index (χ0) is 19.2. The molecule has 0 aliphatic rings. The number of ether oxygens (including phenoxy) is 2. The molecule has 0 saturated heterocycles. The fraction of sp³-hybridized carbons (Fsp3) is 0.250. The minimum absolute atomic E-state index is 0.247. The number of aromatic nitrogens is 1. The number of carbonyl (C=O) groups is 2. The summed E-state index contributed by atoms with van der Waals surface area (Å²) in [6, 6.07) is 16.8. The van der Waals surface area contributed by atoms with Crippen molar-refractivity contribution in [2.24, 2.45) is 0 Å². The van der Waals surface area contributed by atoms with Crippen molar-refractivity contribution in [1.82, 2.24) is 9.88 Å². The van der Waals surface area contributed by atoms with Crippen molar-refractivity contribution >= 4 is 33.4 Å². The van der Waals surface area contributed by atoms with Gasteiger partial charge in [-0.3, -0.25) is 4.79 Å². The van der Waals surface area contributed by atoms with Gasteiger partial charge in [-0.15, -0.1) is 11.3 Å². The van der Waals surface area contributed by atoms with E-state index >= 15 is 0 Å². The molecular weight excluding hydrogens is 364 g/mol. The first-order valence-corrected chi connectivity index (χ1v) is 9.31. The number of rotatable bonds is 7. The zero-order valence-electron chi connectivity index (χ0n) is 15.1. The molecule has 7 heteroatoms. The van der Waals surface area contributed by atoms with Crippen LogP contribution in [0.3, 0.4) is 0 Å². The molecule has 1 amide bonds. The molecule has 1 atom stereocenters. The summed E-state index contributed by atoms with van der Waals surface area (Å²) in [5.74, 6) is -0.309. The van der Waals surface area contributed by atoms with Crippen molar-refractivity contribution in [3.8, 4) is 5.75 Å². The fourth-order valence-corrected chi connectivity index (χ4v) is 3.54. The molecule has 0 radical (unpaired) electrons. The average Bonchev–Trinajstić information content (AvgIpc) is 3.08. The van der Waals surface area contributed by atoms with E-state index in [-0.39, 0.29) is 12.5 Å². The van der Waals surface area contributed by atoms with Gasteiger partial charge in [0.2, 0.25) is 0 Å². The molecule has 0 aliphatic carbocycles. The lowest BCUT2D eigenvalue weighted by molar-refractivity contribution is -0.160. The molecule has 0 aliphatic heterocycles. The van der Waals surface area contributed by atoms with E-state index in [1.165, 1.54) is 4.90 Å². The van der Waals surface area contributed by atoms with Crippen molar-refractivity contribution in [2.45, 2.75) is 19.6 Å². The van der Waals surface area contributed by atoms with Crippen molar-refractivity contribution in [3.63, 3.8) is 0 Å². The molecule has 140 valence electrons. The van der Waals surface area contributed by atoms with Crippen LogP contribution < -0.4 is 4.74 Å². The first-order valence-electron chi connectivity index (χ1n) is 8.49. The number of benzene rings is 2. The van der Waals surface area contributed by atoms with Crippen LogP contribution >= 0.6 is 11.3 Å². The van der Waals surface area contributed by atoms with Crippen molar-refractivity contribution in [3.05, 3.63) is 59.6 Å². The largest absolute Gasteiger partial charge is 0.482 e. The molecule has 1 heterocycles. The summed E-state index contributed by atoms with van der Waals surface area (Å²) in [6.07, 6.45) is -0.892. The van der Waals surface area contributed by atoms with E-state index in [0.29, 0.717) is 12.3 Å². The number of likely N-dealkylation sites (N-methyl/N-ethyl adjacent to an activating group) is 1. The highest BCUT2D eigenvalue weighted by atomic mass is 32.1. The highest BCUT2D eigenvalue weighted by Crippen LogP contribution is 2.22. The number of amides is 1. The third kappa shape index (κ3) is 5.04. The topological polar surface area (TPSA) is 68.7 Å². The van der Waals surface area contributed by atoms with E-state index in [1.54, 1.807) is 37.4 Å². The molecular formula is C20H20N2O4S. The number of carbonyl (C=O) groups excluding carboxylic acids is 2. The van der Waals surface area contributed by atoms with Gasteiger partial charge in [-0.05, 0) is 31.2 Å². The van der Waals surface area contributed by atoms with E-state index < -0.39 is 12.1 Å². The van der Waals surface area contributed by atoms with E-state index in [4.69, 9.17) is 9.47 Å². The molecule has 1 unspecified atom stereocenters. The second-order valence-electron chi connectivity index (χ2n) is 6.00. The maximum Gasteiger partial charge on any atom is 0.344 e. The Bertz CT molecular complexity index is 893. The van der Waals surface area contributed by atoms with Crippen LogP contribution in [0.2, 0.25) is 0 Å². The monoisotopic (exact) mass is 384 g/mol. The highest BCUT2D eigenvalue weighted by Gasteiger charge is 2.22. The molecule has 27 heavy (non-hydrogen) atoms. The number of esters is 1. The number of para-hydroxylation sites is 2. The smallest absolute Gasteiger partial charge is 0.344 e. The normalized spacial score (nSPS) is 11.8. The van der Waals surface area contributed by atoms with Crippen molar-refractivity contribution in [1.29, 1.82) is 0 Å². The van der Waals surface area contributed by atoms with Gasteiger partial charge in [-0.1, -0.05) is 30.3 Å². The van der Waals surface area contributed by atoms with Crippen LogP contribution in [0.1, 0.15) is 11.9 Å². The van der Waals surface area contributed by atoms with Gasteiger partial charge in [0.05, 0.1) is 16.8 Å². The molecule has 0 N–H and O–H groups in total. The summed E-state index contributed by atoms with van der Waals surface area (Å²) < 4.78 is 11.6. The number of thiazole rings is 1. The van der Waals surface area contributed by atoms with Crippen LogP contribution in [0.4, 0.5) is 0 Å². The summed E-state index contributed by atoms with van der Waals surface area (Å²) in [4.78, 5) is 30.4. The number of fused-ring (bicyclic) bond motifs is 1. The van der Waals surface area contributed by atoms with Crippen LogP contribution in [-0.4, -0.2) is 41.5 Å². The first kappa shape index (κ1) is 18.8. The molecule has 3 aromatic rings. The Morgan fingerprint density at radius 2 is 1.81 bits per heavy atom. The average molecular weight is 384 g/mol. The van der Waals surface area contributed by atoms with Crippen molar-refractivity contribution in [2.75, 3.05) is 13.7 Å². The maximum atomic E-state index is 12.5. The summed E-state index contributed by atoms with van der Waals surface area (Å²) >= 11 is 1.54. The SMILES string of the molecule is CC(OC(=O)COc1ccccc1)C(=O)N(C)Cc1nc2ccccc2s1. The van der Waals surface area contributed by atoms with Gasteiger partial charge in [0.1, 0.15) is 10.8 Å². The van der Waals surface area contributed by atoms with Gasteiger partial charge in [-0.2, -0.15) is 0 Å². The van der Waals surface area contributed by atoms with Crippen molar-refractivity contribution < 1.29 is 19.1 Å². The minimum atomic E-state index is -0.892. The minimum Gasteiger partial charge on any atom is -0.482 e. The Morgan fingerprint density at radius 1 is 1.11 bits per heavy atom. The molecule has 6 nitrogen and oxygen atoms in total. The van der Waals surface area contributed by atoms with E-state index in [1.807, 2.05) is 42.5 Å². The third-order valence-electron chi connectivity index (χ3n) is 3.84. The lowest BCUT2D eigenvalue weighted by Gasteiger charge is -2.20. The Hall–Kier alpha value is -2.93. The summed E-state index contributed by atoms with van der Waals surface area (Å²) in [7, 11) is 1.67. The molecule has 0 spiro atoms.